The zero-order valence-electron chi connectivity index (χ0n) is 13.6. The zero-order chi connectivity index (χ0) is 19.4. The monoisotopic (exact) mass is 391 g/mol. The standard InChI is InChI=1S/C17H12ClF2N5O2/c18-12-4-2-1-3-10(12)8-21-16-15(25(26)27)17(23-9-22-16)24-14-6-5-11(19)7-13(14)20/h1-7,9H,8H2,(H2,21,22,23,24). The smallest absolute Gasteiger partial charge is 0.353 e. The molecule has 0 spiro atoms. The predicted molar refractivity (Wildman–Crippen MR) is 97.1 cm³/mol. The van der Waals surface area contributed by atoms with Crippen molar-refractivity contribution in [1.29, 1.82) is 0 Å². The Kier molecular flexibility index (Phi) is 5.41. The second-order valence-corrected chi connectivity index (χ2v) is 5.78. The molecule has 0 saturated carbocycles. The van der Waals surface area contributed by atoms with Crippen molar-refractivity contribution in [2.45, 2.75) is 6.54 Å². The van der Waals surface area contributed by atoms with E-state index < -0.39 is 22.2 Å². The summed E-state index contributed by atoms with van der Waals surface area (Å²) in [7, 11) is 0. The number of hydrogen-bond acceptors (Lipinski definition) is 6. The predicted octanol–water partition coefficient (Wildman–Crippen LogP) is 4.67. The molecule has 138 valence electrons. The highest BCUT2D eigenvalue weighted by Crippen LogP contribution is 2.32. The first kappa shape index (κ1) is 18.5. The number of anilines is 3. The van der Waals surface area contributed by atoms with E-state index in [4.69, 9.17) is 11.6 Å². The topological polar surface area (TPSA) is 93.0 Å². The number of nitro groups is 1. The Bertz CT molecular complexity index is 1000. The van der Waals surface area contributed by atoms with Crippen LogP contribution in [0.25, 0.3) is 0 Å². The molecule has 0 unspecified atom stereocenters. The first-order valence-electron chi connectivity index (χ1n) is 7.64. The summed E-state index contributed by atoms with van der Waals surface area (Å²) in [6, 6.07) is 9.79. The van der Waals surface area contributed by atoms with Gasteiger partial charge in [-0.15, -0.1) is 0 Å². The summed E-state index contributed by atoms with van der Waals surface area (Å²) in [4.78, 5) is 18.5. The van der Waals surface area contributed by atoms with Gasteiger partial charge in [0.1, 0.15) is 18.0 Å². The van der Waals surface area contributed by atoms with Gasteiger partial charge in [0.25, 0.3) is 0 Å². The maximum absolute atomic E-state index is 13.8. The van der Waals surface area contributed by atoms with Crippen molar-refractivity contribution in [3.63, 3.8) is 0 Å². The Balaban J connectivity index is 1.90. The van der Waals surface area contributed by atoms with Crippen molar-refractivity contribution >= 4 is 34.6 Å². The average Bonchev–Trinajstić information content (AvgIpc) is 2.63. The molecule has 0 fully saturated rings. The molecule has 0 bridgehead atoms. The minimum atomic E-state index is -0.909. The number of aromatic nitrogens is 2. The van der Waals surface area contributed by atoms with E-state index in [9.17, 15) is 18.9 Å². The maximum atomic E-state index is 13.8. The largest absolute Gasteiger partial charge is 0.360 e. The Labute approximate surface area is 157 Å². The third-order valence-electron chi connectivity index (χ3n) is 3.59. The van der Waals surface area contributed by atoms with Crippen molar-refractivity contribution in [3.05, 3.63) is 81.1 Å². The molecule has 10 heteroatoms. The van der Waals surface area contributed by atoms with Crippen molar-refractivity contribution in [1.82, 2.24) is 9.97 Å². The van der Waals surface area contributed by atoms with E-state index in [1.807, 2.05) is 0 Å². The lowest BCUT2D eigenvalue weighted by atomic mass is 10.2. The Morgan fingerprint density at radius 1 is 1.11 bits per heavy atom. The lowest BCUT2D eigenvalue weighted by molar-refractivity contribution is -0.383. The molecule has 0 atom stereocenters. The third kappa shape index (κ3) is 4.26. The molecule has 27 heavy (non-hydrogen) atoms. The highest BCUT2D eigenvalue weighted by Gasteiger charge is 2.24. The van der Waals surface area contributed by atoms with Crippen molar-refractivity contribution < 1.29 is 13.7 Å². The molecule has 1 heterocycles. The fraction of sp³-hybridized carbons (Fsp3) is 0.0588. The van der Waals surface area contributed by atoms with Gasteiger partial charge in [0, 0.05) is 17.6 Å². The summed E-state index contributed by atoms with van der Waals surface area (Å²) >= 11 is 6.07. The number of halogens is 3. The van der Waals surface area contributed by atoms with Crippen LogP contribution in [0.3, 0.4) is 0 Å². The number of hydrogen-bond donors (Lipinski definition) is 2. The van der Waals surface area contributed by atoms with Crippen LogP contribution in [0, 0.1) is 21.7 Å². The number of rotatable bonds is 6. The number of nitrogens with one attached hydrogen (secondary N) is 2. The highest BCUT2D eigenvalue weighted by atomic mass is 35.5. The molecule has 0 saturated heterocycles. The van der Waals surface area contributed by atoms with Gasteiger partial charge in [-0.3, -0.25) is 10.1 Å². The van der Waals surface area contributed by atoms with Gasteiger partial charge in [-0.2, -0.15) is 0 Å². The first-order chi connectivity index (χ1) is 13.0. The Hall–Kier alpha value is -3.33. The van der Waals surface area contributed by atoms with Crippen LogP contribution < -0.4 is 10.6 Å². The van der Waals surface area contributed by atoms with Crippen LogP contribution in [0.5, 0.6) is 0 Å². The Morgan fingerprint density at radius 3 is 2.56 bits per heavy atom. The molecule has 0 radical (unpaired) electrons. The molecule has 3 aromatic rings. The van der Waals surface area contributed by atoms with Crippen LogP contribution in [-0.2, 0) is 6.54 Å². The number of nitrogens with zero attached hydrogens (tertiary/aromatic N) is 3. The first-order valence-corrected chi connectivity index (χ1v) is 8.02. The molecular formula is C17H12ClF2N5O2. The van der Waals surface area contributed by atoms with E-state index in [1.54, 1.807) is 24.3 Å². The van der Waals surface area contributed by atoms with Crippen LogP contribution >= 0.6 is 11.6 Å². The van der Waals surface area contributed by atoms with Gasteiger partial charge in [-0.05, 0) is 23.8 Å². The molecule has 0 amide bonds. The molecule has 7 nitrogen and oxygen atoms in total. The molecule has 0 aliphatic rings. The van der Waals surface area contributed by atoms with Crippen LogP contribution in [0.2, 0.25) is 5.02 Å². The van der Waals surface area contributed by atoms with Gasteiger partial charge >= 0.3 is 5.69 Å². The van der Waals surface area contributed by atoms with Crippen molar-refractivity contribution in [2.75, 3.05) is 10.6 Å². The lowest BCUT2D eigenvalue weighted by Crippen LogP contribution is -2.09. The summed E-state index contributed by atoms with van der Waals surface area (Å²) in [6.07, 6.45) is 1.09. The minimum Gasteiger partial charge on any atom is -0.360 e. The van der Waals surface area contributed by atoms with Gasteiger partial charge in [-0.1, -0.05) is 29.8 Å². The van der Waals surface area contributed by atoms with Gasteiger partial charge in [0.2, 0.25) is 11.6 Å². The van der Waals surface area contributed by atoms with Crippen LogP contribution in [0.1, 0.15) is 5.56 Å². The van der Waals surface area contributed by atoms with Crippen molar-refractivity contribution in [2.24, 2.45) is 0 Å². The maximum Gasteiger partial charge on any atom is 0.353 e. The lowest BCUT2D eigenvalue weighted by Gasteiger charge is -2.11. The molecule has 1 aromatic heterocycles. The van der Waals surface area contributed by atoms with Gasteiger partial charge < -0.3 is 10.6 Å². The van der Waals surface area contributed by atoms with E-state index >= 15 is 0 Å². The second-order valence-electron chi connectivity index (χ2n) is 5.37. The molecular weight excluding hydrogens is 380 g/mol. The summed E-state index contributed by atoms with van der Waals surface area (Å²) in [5.41, 5.74) is 0.0784. The summed E-state index contributed by atoms with van der Waals surface area (Å²) in [5.74, 6) is -1.98. The van der Waals surface area contributed by atoms with Crippen LogP contribution in [0.4, 0.5) is 31.8 Å². The summed E-state index contributed by atoms with van der Waals surface area (Å²) in [6.45, 7) is 0.182. The molecule has 2 aromatic carbocycles. The van der Waals surface area contributed by atoms with Gasteiger partial charge in [0.05, 0.1) is 10.6 Å². The number of benzene rings is 2. The fourth-order valence-electron chi connectivity index (χ4n) is 2.31. The highest BCUT2D eigenvalue weighted by molar-refractivity contribution is 6.31. The quantitative estimate of drug-likeness (QED) is 0.468. The average molecular weight is 392 g/mol. The van der Waals surface area contributed by atoms with Crippen LogP contribution in [0.15, 0.2) is 48.8 Å². The van der Waals surface area contributed by atoms with E-state index in [0.29, 0.717) is 16.7 Å². The van der Waals surface area contributed by atoms with Crippen molar-refractivity contribution in [3.8, 4) is 0 Å². The van der Waals surface area contributed by atoms with E-state index in [0.717, 1.165) is 18.5 Å². The minimum absolute atomic E-state index is 0.0695. The Morgan fingerprint density at radius 2 is 1.85 bits per heavy atom. The zero-order valence-corrected chi connectivity index (χ0v) is 14.4. The molecule has 0 aliphatic heterocycles. The SMILES string of the molecule is O=[N+]([O-])c1c(NCc2ccccc2Cl)ncnc1Nc1ccc(F)cc1F. The third-order valence-corrected chi connectivity index (χ3v) is 3.96. The van der Waals surface area contributed by atoms with Gasteiger partial charge in [-0.25, -0.2) is 18.7 Å². The summed E-state index contributed by atoms with van der Waals surface area (Å²) < 4.78 is 26.9. The molecule has 0 aliphatic carbocycles. The van der Waals surface area contributed by atoms with Crippen LogP contribution in [-0.4, -0.2) is 14.9 Å². The molecule has 3 rings (SSSR count). The second kappa shape index (κ2) is 7.92. The molecule has 2 N–H and O–H groups in total. The van der Waals surface area contributed by atoms with E-state index in [2.05, 4.69) is 20.6 Å². The van der Waals surface area contributed by atoms with Gasteiger partial charge in [0.15, 0.2) is 0 Å². The fourth-order valence-corrected chi connectivity index (χ4v) is 2.51. The normalized spacial score (nSPS) is 10.5. The van der Waals surface area contributed by atoms with E-state index in [1.165, 1.54) is 0 Å². The van der Waals surface area contributed by atoms with E-state index in [-0.39, 0.29) is 23.9 Å². The summed E-state index contributed by atoms with van der Waals surface area (Å²) in [5, 5.41) is 17.3.